The summed E-state index contributed by atoms with van der Waals surface area (Å²) < 4.78 is 55.6. The summed E-state index contributed by atoms with van der Waals surface area (Å²) in [5, 5.41) is 8.72. The van der Waals surface area contributed by atoms with E-state index in [0.717, 1.165) is 18.3 Å². The zero-order valence-electron chi connectivity index (χ0n) is 17.2. The van der Waals surface area contributed by atoms with Gasteiger partial charge in [-0.25, -0.2) is 9.07 Å². The predicted octanol–water partition coefficient (Wildman–Crippen LogP) is 4.55. The van der Waals surface area contributed by atoms with Gasteiger partial charge in [0.15, 0.2) is 5.69 Å². The summed E-state index contributed by atoms with van der Waals surface area (Å²) in [5.41, 5.74) is -1.47. The Morgan fingerprint density at radius 3 is 2.47 bits per heavy atom. The lowest BCUT2D eigenvalue weighted by Crippen LogP contribution is -2.26. The van der Waals surface area contributed by atoms with Crippen LogP contribution in [0.15, 0.2) is 54.7 Å². The van der Waals surface area contributed by atoms with Crippen molar-refractivity contribution in [2.45, 2.75) is 26.6 Å². The highest BCUT2D eigenvalue weighted by atomic mass is 19.4. The predicted molar refractivity (Wildman–Crippen MR) is 110 cm³/mol. The normalized spacial score (nSPS) is 11.5. The van der Waals surface area contributed by atoms with Crippen molar-refractivity contribution < 1.29 is 27.2 Å². The second kappa shape index (κ2) is 9.21. The monoisotopic (exact) mass is 448 g/mol. The maximum absolute atomic E-state index is 14.0. The van der Waals surface area contributed by atoms with Gasteiger partial charge in [-0.3, -0.25) is 9.59 Å². The highest BCUT2D eigenvalue weighted by Gasteiger charge is 2.41. The van der Waals surface area contributed by atoms with E-state index in [-0.39, 0.29) is 18.4 Å². The lowest BCUT2D eigenvalue weighted by atomic mass is 10.1. The van der Waals surface area contributed by atoms with Crippen molar-refractivity contribution in [1.29, 1.82) is 0 Å². The third-order valence-corrected chi connectivity index (χ3v) is 4.53. The summed E-state index contributed by atoms with van der Waals surface area (Å²) in [5.74, 6) is -2.35. The van der Waals surface area contributed by atoms with Crippen LogP contribution in [-0.4, -0.2) is 21.6 Å². The van der Waals surface area contributed by atoms with Gasteiger partial charge in [0.1, 0.15) is 11.5 Å². The second-order valence-corrected chi connectivity index (χ2v) is 7.29. The van der Waals surface area contributed by atoms with E-state index in [0.29, 0.717) is 15.9 Å². The largest absolute Gasteiger partial charge is 0.434 e. The van der Waals surface area contributed by atoms with Crippen molar-refractivity contribution in [2.24, 2.45) is 5.92 Å². The molecular formula is C22H20F4N4O2. The molecule has 2 N–H and O–H groups in total. The number of alkyl halides is 3. The number of para-hydroxylation sites is 1. The first-order valence-corrected chi connectivity index (χ1v) is 9.66. The van der Waals surface area contributed by atoms with Crippen LogP contribution in [0.1, 0.15) is 35.5 Å². The molecule has 3 rings (SSSR count). The maximum atomic E-state index is 14.0. The fourth-order valence-corrected chi connectivity index (χ4v) is 2.92. The van der Waals surface area contributed by atoms with Gasteiger partial charge in [-0.15, -0.1) is 0 Å². The molecule has 3 aromatic rings. The van der Waals surface area contributed by atoms with Crippen LogP contribution in [0, 0.1) is 11.7 Å². The van der Waals surface area contributed by atoms with Crippen molar-refractivity contribution in [1.82, 2.24) is 15.1 Å². The number of amides is 2. The lowest BCUT2D eigenvalue weighted by Gasteiger charge is -2.13. The maximum Gasteiger partial charge on any atom is 0.434 e. The average molecular weight is 448 g/mol. The number of halogens is 4. The van der Waals surface area contributed by atoms with Gasteiger partial charge < -0.3 is 10.6 Å². The number of nitrogens with zero attached hydrogens (tertiary/aromatic N) is 2. The van der Waals surface area contributed by atoms with Crippen molar-refractivity contribution in [3.63, 3.8) is 0 Å². The van der Waals surface area contributed by atoms with E-state index in [2.05, 4.69) is 15.7 Å². The van der Waals surface area contributed by atoms with Crippen molar-refractivity contribution in [3.8, 4) is 5.69 Å². The Morgan fingerprint density at radius 1 is 1.09 bits per heavy atom. The van der Waals surface area contributed by atoms with Crippen LogP contribution in [0.25, 0.3) is 5.69 Å². The van der Waals surface area contributed by atoms with E-state index in [1.54, 1.807) is 38.1 Å². The molecule has 1 heterocycles. The van der Waals surface area contributed by atoms with Crippen LogP contribution >= 0.6 is 0 Å². The van der Waals surface area contributed by atoms with E-state index in [1.807, 2.05) is 0 Å². The van der Waals surface area contributed by atoms with Crippen molar-refractivity contribution >= 4 is 17.5 Å². The number of rotatable bonds is 6. The molecule has 0 aliphatic carbocycles. The number of nitrogens with one attached hydrogen (secondary N) is 2. The van der Waals surface area contributed by atoms with Crippen molar-refractivity contribution in [3.05, 3.63) is 77.4 Å². The lowest BCUT2D eigenvalue weighted by molar-refractivity contribution is -0.143. The number of anilines is 1. The van der Waals surface area contributed by atoms with E-state index in [4.69, 9.17) is 0 Å². The van der Waals surface area contributed by atoms with Crippen LogP contribution in [-0.2, 0) is 17.5 Å². The molecule has 0 radical (unpaired) electrons. The molecule has 10 heteroatoms. The average Bonchev–Trinajstić information content (AvgIpc) is 3.18. The third-order valence-electron chi connectivity index (χ3n) is 4.53. The number of benzene rings is 2. The molecule has 0 bridgehead atoms. The summed E-state index contributed by atoms with van der Waals surface area (Å²) in [7, 11) is 0. The second-order valence-electron chi connectivity index (χ2n) is 7.29. The van der Waals surface area contributed by atoms with Gasteiger partial charge >= 0.3 is 6.18 Å². The molecule has 168 valence electrons. The van der Waals surface area contributed by atoms with Gasteiger partial charge in [0.2, 0.25) is 5.91 Å². The highest BCUT2D eigenvalue weighted by molar-refractivity contribution is 5.95. The Bertz CT molecular complexity index is 1140. The molecule has 32 heavy (non-hydrogen) atoms. The van der Waals surface area contributed by atoms with Crippen LogP contribution in [0.5, 0.6) is 0 Å². The summed E-state index contributed by atoms with van der Waals surface area (Å²) in [6, 6.07) is 11.4. The Hall–Kier alpha value is -3.69. The van der Waals surface area contributed by atoms with Gasteiger partial charge in [0.25, 0.3) is 5.91 Å². The summed E-state index contributed by atoms with van der Waals surface area (Å²) >= 11 is 0. The molecule has 6 nitrogen and oxygen atoms in total. The molecule has 2 aromatic carbocycles. The zero-order chi connectivity index (χ0) is 23.5. The topological polar surface area (TPSA) is 76.0 Å². The van der Waals surface area contributed by atoms with Gasteiger partial charge in [0, 0.05) is 18.2 Å². The van der Waals surface area contributed by atoms with E-state index in [9.17, 15) is 27.2 Å². The fourth-order valence-electron chi connectivity index (χ4n) is 2.92. The van der Waals surface area contributed by atoms with E-state index < -0.39 is 34.8 Å². The zero-order valence-corrected chi connectivity index (χ0v) is 17.2. The van der Waals surface area contributed by atoms with Gasteiger partial charge in [-0.1, -0.05) is 38.1 Å². The van der Waals surface area contributed by atoms with Crippen LogP contribution in [0.3, 0.4) is 0 Å². The summed E-state index contributed by atoms with van der Waals surface area (Å²) in [6.07, 6.45) is -4.20. The Balaban J connectivity index is 1.82. The van der Waals surface area contributed by atoms with E-state index >= 15 is 0 Å². The number of hydrogen-bond donors (Lipinski definition) is 2. The fraction of sp³-hybridized carbons (Fsp3) is 0.227. The van der Waals surface area contributed by atoms with Gasteiger partial charge in [0.05, 0.1) is 11.8 Å². The molecule has 0 saturated heterocycles. The third kappa shape index (κ3) is 5.13. The van der Waals surface area contributed by atoms with E-state index in [1.165, 1.54) is 12.1 Å². The van der Waals surface area contributed by atoms with Crippen molar-refractivity contribution in [2.75, 3.05) is 5.32 Å². The quantitative estimate of drug-likeness (QED) is 0.543. The van der Waals surface area contributed by atoms with Crippen LogP contribution in [0.2, 0.25) is 0 Å². The summed E-state index contributed by atoms with van der Waals surface area (Å²) in [6.45, 7) is 3.38. The van der Waals surface area contributed by atoms with Crippen LogP contribution in [0.4, 0.5) is 23.2 Å². The molecule has 0 fully saturated rings. The first-order chi connectivity index (χ1) is 15.1. The minimum Gasteiger partial charge on any atom is -0.348 e. The minimum atomic E-state index is -4.95. The number of carbonyl (C=O) groups is 2. The first-order valence-electron chi connectivity index (χ1n) is 9.66. The molecule has 0 unspecified atom stereocenters. The Kier molecular flexibility index (Phi) is 6.61. The Labute approximate surface area is 181 Å². The molecule has 0 atom stereocenters. The number of carbonyl (C=O) groups excluding carboxylic acids is 2. The Morgan fingerprint density at radius 2 is 1.81 bits per heavy atom. The molecular weight excluding hydrogens is 428 g/mol. The molecule has 0 aliphatic rings. The first kappa shape index (κ1) is 23.0. The minimum absolute atomic E-state index is 0.0909. The van der Waals surface area contributed by atoms with Gasteiger partial charge in [-0.2, -0.15) is 18.3 Å². The van der Waals surface area contributed by atoms with Gasteiger partial charge in [-0.05, 0) is 29.8 Å². The molecule has 1 aromatic heterocycles. The highest BCUT2D eigenvalue weighted by Crippen LogP contribution is 2.34. The SMILES string of the molecule is CC(C)C(=O)Nc1cccc(CNC(=O)c2cnn(-c3ccccc3F)c2C(F)(F)F)c1. The number of hydrogen-bond acceptors (Lipinski definition) is 3. The van der Waals surface area contributed by atoms with Crippen LogP contribution < -0.4 is 10.6 Å². The molecule has 2 amide bonds. The number of aromatic nitrogens is 2. The standard InChI is InChI=1S/C22H20F4N4O2/c1-13(2)20(31)29-15-7-5-6-14(10-15)11-27-21(32)16-12-28-30(19(16)22(24,25)26)18-9-4-3-8-17(18)23/h3-10,12-13H,11H2,1-2H3,(H,27,32)(H,29,31). The summed E-state index contributed by atoms with van der Waals surface area (Å²) in [4.78, 5) is 24.4. The smallest absolute Gasteiger partial charge is 0.348 e. The molecule has 0 spiro atoms. The molecule has 0 saturated carbocycles. The molecule has 0 aliphatic heterocycles.